The van der Waals surface area contributed by atoms with Crippen molar-refractivity contribution in [3.8, 4) is 0 Å². The maximum Gasteiger partial charge on any atom is 0.251 e. The van der Waals surface area contributed by atoms with Gasteiger partial charge in [-0.05, 0) is 42.7 Å². The molecule has 0 radical (unpaired) electrons. The van der Waals surface area contributed by atoms with E-state index < -0.39 is 6.04 Å². The van der Waals surface area contributed by atoms with Gasteiger partial charge < -0.3 is 10.6 Å². The third kappa shape index (κ3) is 3.65. The van der Waals surface area contributed by atoms with Gasteiger partial charge in [0.05, 0.1) is 0 Å². The van der Waals surface area contributed by atoms with Gasteiger partial charge in [-0.3, -0.25) is 9.59 Å². The Labute approximate surface area is 134 Å². The van der Waals surface area contributed by atoms with Crippen molar-refractivity contribution in [2.45, 2.75) is 19.9 Å². The highest BCUT2D eigenvalue weighted by Gasteiger charge is 2.21. The number of anilines is 1. The summed E-state index contributed by atoms with van der Waals surface area (Å²) >= 11 is 5.85. The number of nitrogens with one attached hydrogen (secondary N) is 2. The molecule has 0 saturated carbocycles. The van der Waals surface area contributed by atoms with Crippen molar-refractivity contribution in [2.75, 3.05) is 5.32 Å². The molecule has 0 heterocycles. The van der Waals surface area contributed by atoms with Crippen molar-refractivity contribution >= 4 is 29.6 Å². The third-order valence-electron chi connectivity index (χ3n) is 3.43. The maximum absolute atomic E-state index is 12.5. The Bertz CT molecular complexity index is 663. The van der Waals surface area contributed by atoms with Crippen LogP contribution in [0.15, 0.2) is 42.5 Å². The predicted molar refractivity (Wildman–Crippen MR) is 87.9 cm³/mol. The van der Waals surface area contributed by atoms with Crippen LogP contribution in [0.3, 0.4) is 0 Å². The fraction of sp³-hybridized carbons (Fsp3) is 0.176. The lowest BCUT2D eigenvalue weighted by molar-refractivity contribution is -0.121. The van der Waals surface area contributed by atoms with Gasteiger partial charge in [0.15, 0.2) is 0 Å². The zero-order valence-electron chi connectivity index (χ0n) is 12.4. The summed E-state index contributed by atoms with van der Waals surface area (Å²) in [5.74, 6) is -0.299. The number of rotatable bonds is 5. The van der Waals surface area contributed by atoms with E-state index in [0.717, 1.165) is 16.8 Å². The molecule has 2 N–H and O–H groups in total. The molecule has 0 bridgehead atoms. The van der Waals surface area contributed by atoms with Crippen LogP contribution in [0, 0.1) is 13.8 Å². The smallest absolute Gasteiger partial charge is 0.251 e. The maximum atomic E-state index is 12.5. The van der Waals surface area contributed by atoms with Gasteiger partial charge in [-0.1, -0.05) is 41.9 Å². The minimum Gasteiger partial charge on any atom is -0.343 e. The summed E-state index contributed by atoms with van der Waals surface area (Å²) < 4.78 is 0. The zero-order chi connectivity index (χ0) is 16.1. The Morgan fingerprint density at radius 3 is 2.23 bits per heavy atom. The first kappa shape index (κ1) is 16.0. The summed E-state index contributed by atoms with van der Waals surface area (Å²) in [7, 11) is 0. The fourth-order valence-electron chi connectivity index (χ4n) is 2.25. The minimum absolute atomic E-state index is 0.299. The highest BCUT2D eigenvalue weighted by Crippen LogP contribution is 2.22. The first-order valence-electron chi connectivity index (χ1n) is 6.85. The van der Waals surface area contributed by atoms with Crippen LogP contribution >= 0.6 is 11.6 Å². The molecule has 0 aliphatic carbocycles. The molecule has 22 heavy (non-hydrogen) atoms. The number of para-hydroxylation sites is 1. The van der Waals surface area contributed by atoms with E-state index in [-0.39, 0.29) is 5.91 Å². The Hall–Kier alpha value is -2.33. The van der Waals surface area contributed by atoms with Crippen LogP contribution in [0.2, 0.25) is 5.02 Å². The van der Waals surface area contributed by atoms with Gasteiger partial charge in [0, 0.05) is 10.7 Å². The average molecular weight is 317 g/mol. The first-order valence-corrected chi connectivity index (χ1v) is 7.23. The number of aryl methyl sites for hydroxylation is 2. The van der Waals surface area contributed by atoms with Crippen LogP contribution in [0.4, 0.5) is 5.69 Å². The molecule has 1 atom stereocenters. The summed E-state index contributed by atoms with van der Waals surface area (Å²) in [5, 5.41) is 6.00. The zero-order valence-corrected chi connectivity index (χ0v) is 13.1. The quantitative estimate of drug-likeness (QED) is 0.831. The van der Waals surface area contributed by atoms with Crippen molar-refractivity contribution in [3.05, 3.63) is 64.2 Å². The summed E-state index contributed by atoms with van der Waals surface area (Å²) in [5.41, 5.74) is 3.36. The number of carbonyl (C=O) groups is 2. The van der Waals surface area contributed by atoms with Gasteiger partial charge in [0.25, 0.3) is 5.91 Å². The second kappa shape index (κ2) is 7.09. The summed E-state index contributed by atoms with van der Waals surface area (Å²) in [6, 6.07) is 11.8. The molecule has 2 rings (SSSR count). The Kier molecular flexibility index (Phi) is 5.17. The first-order chi connectivity index (χ1) is 10.5. The molecule has 0 aromatic heterocycles. The number of hydrogen-bond donors (Lipinski definition) is 2. The van der Waals surface area contributed by atoms with Crippen LogP contribution in [0.25, 0.3) is 0 Å². The van der Waals surface area contributed by atoms with E-state index >= 15 is 0 Å². The molecule has 2 aromatic carbocycles. The topological polar surface area (TPSA) is 58.2 Å². The fourth-order valence-corrected chi connectivity index (χ4v) is 2.38. The standard InChI is InChI=1S/C17H17ClN2O2/c1-11-4-3-5-12(2)15(11)20-17(22)16(19-10-21)13-6-8-14(18)9-7-13/h3-10,16H,1-2H3,(H,19,21)(H,20,22)/t16-/m0/s1. The van der Waals surface area contributed by atoms with E-state index in [2.05, 4.69) is 10.6 Å². The van der Waals surface area contributed by atoms with Crippen LogP contribution in [0.1, 0.15) is 22.7 Å². The van der Waals surface area contributed by atoms with Gasteiger partial charge >= 0.3 is 0 Å². The Morgan fingerprint density at radius 1 is 1.09 bits per heavy atom. The molecule has 2 amide bonds. The molecule has 4 nitrogen and oxygen atoms in total. The number of halogens is 1. The van der Waals surface area contributed by atoms with E-state index in [9.17, 15) is 9.59 Å². The predicted octanol–water partition coefficient (Wildman–Crippen LogP) is 3.38. The van der Waals surface area contributed by atoms with Gasteiger partial charge in [0.1, 0.15) is 6.04 Å². The van der Waals surface area contributed by atoms with Gasteiger partial charge in [-0.2, -0.15) is 0 Å². The molecule has 0 aliphatic heterocycles. The Balaban J connectivity index is 2.27. The van der Waals surface area contributed by atoms with Gasteiger partial charge in [-0.25, -0.2) is 0 Å². The molecule has 0 unspecified atom stereocenters. The number of amides is 2. The number of carbonyl (C=O) groups excluding carboxylic acids is 2. The van der Waals surface area contributed by atoms with E-state index in [1.807, 2.05) is 32.0 Å². The molecule has 0 aliphatic rings. The largest absolute Gasteiger partial charge is 0.343 e. The lowest BCUT2D eigenvalue weighted by Gasteiger charge is -2.18. The normalized spacial score (nSPS) is 11.6. The van der Waals surface area contributed by atoms with Crippen molar-refractivity contribution in [1.82, 2.24) is 5.32 Å². The molecule has 0 fully saturated rings. The monoisotopic (exact) mass is 316 g/mol. The molecular weight excluding hydrogens is 300 g/mol. The Morgan fingerprint density at radius 2 is 1.68 bits per heavy atom. The minimum atomic E-state index is -0.770. The van der Waals surface area contributed by atoms with Gasteiger partial charge in [0.2, 0.25) is 6.41 Å². The highest BCUT2D eigenvalue weighted by molar-refractivity contribution is 6.30. The average Bonchev–Trinajstić information content (AvgIpc) is 2.49. The van der Waals surface area contributed by atoms with Gasteiger partial charge in [-0.15, -0.1) is 0 Å². The van der Waals surface area contributed by atoms with Crippen molar-refractivity contribution in [2.24, 2.45) is 0 Å². The van der Waals surface area contributed by atoms with Crippen molar-refractivity contribution < 1.29 is 9.59 Å². The number of hydrogen-bond acceptors (Lipinski definition) is 2. The molecule has 2 aromatic rings. The molecule has 0 spiro atoms. The van der Waals surface area contributed by atoms with Crippen molar-refractivity contribution in [1.29, 1.82) is 0 Å². The lowest BCUT2D eigenvalue weighted by Crippen LogP contribution is -2.32. The molecule has 114 valence electrons. The molecule has 5 heteroatoms. The SMILES string of the molecule is Cc1cccc(C)c1NC(=O)[C@@H](NC=O)c1ccc(Cl)cc1. The highest BCUT2D eigenvalue weighted by atomic mass is 35.5. The summed E-state index contributed by atoms with van der Waals surface area (Å²) in [6.45, 7) is 3.85. The van der Waals surface area contributed by atoms with Crippen molar-refractivity contribution in [3.63, 3.8) is 0 Å². The molecular formula is C17H17ClN2O2. The van der Waals surface area contributed by atoms with Crippen LogP contribution in [0.5, 0.6) is 0 Å². The van der Waals surface area contributed by atoms with Crippen LogP contribution < -0.4 is 10.6 Å². The van der Waals surface area contributed by atoms with Crippen LogP contribution in [-0.4, -0.2) is 12.3 Å². The van der Waals surface area contributed by atoms with E-state index in [0.29, 0.717) is 17.0 Å². The lowest BCUT2D eigenvalue weighted by atomic mass is 10.0. The van der Waals surface area contributed by atoms with E-state index in [1.165, 1.54) is 0 Å². The molecule has 0 saturated heterocycles. The third-order valence-corrected chi connectivity index (χ3v) is 3.68. The summed E-state index contributed by atoms with van der Waals surface area (Å²) in [4.78, 5) is 23.4. The van der Waals surface area contributed by atoms with E-state index in [4.69, 9.17) is 11.6 Å². The second-order valence-corrected chi connectivity index (χ2v) is 5.46. The van der Waals surface area contributed by atoms with Crippen LogP contribution in [-0.2, 0) is 9.59 Å². The summed E-state index contributed by atoms with van der Waals surface area (Å²) in [6.07, 6.45) is 0.517. The number of benzene rings is 2. The second-order valence-electron chi connectivity index (χ2n) is 5.03. The van der Waals surface area contributed by atoms with E-state index in [1.54, 1.807) is 24.3 Å².